The van der Waals surface area contributed by atoms with Crippen LogP contribution in [0.2, 0.25) is 0 Å². The highest BCUT2D eigenvalue weighted by atomic mass is 16.2. The fraction of sp³-hybridized carbons (Fsp3) is 0.857. The van der Waals surface area contributed by atoms with Gasteiger partial charge in [0.2, 0.25) is 11.8 Å². The molecular formula is C14H27N3O2. The van der Waals surface area contributed by atoms with Crippen LogP contribution in [0.1, 0.15) is 39.5 Å². The van der Waals surface area contributed by atoms with Crippen molar-refractivity contribution in [3.05, 3.63) is 0 Å². The van der Waals surface area contributed by atoms with Crippen LogP contribution in [0.5, 0.6) is 0 Å². The Bertz CT molecular complexity index is 305. The Kier molecular flexibility index (Phi) is 6.84. The molecule has 110 valence electrons. The Morgan fingerprint density at radius 2 is 2.11 bits per heavy atom. The molecule has 2 amide bonds. The lowest BCUT2D eigenvalue weighted by molar-refractivity contribution is -0.131. The molecule has 5 nitrogen and oxygen atoms in total. The molecule has 1 rings (SSSR count). The van der Waals surface area contributed by atoms with Crippen LogP contribution in [-0.4, -0.2) is 42.9 Å². The van der Waals surface area contributed by atoms with Crippen molar-refractivity contribution in [3.63, 3.8) is 0 Å². The average molecular weight is 269 g/mol. The van der Waals surface area contributed by atoms with Gasteiger partial charge in [-0.05, 0) is 31.2 Å². The summed E-state index contributed by atoms with van der Waals surface area (Å²) in [6, 6.07) is 0. The van der Waals surface area contributed by atoms with Gasteiger partial charge in [-0.15, -0.1) is 0 Å². The van der Waals surface area contributed by atoms with Gasteiger partial charge in [0.05, 0.1) is 0 Å². The zero-order valence-corrected chi connectivity index (χ0v) is 12.2. The summed E-state index contributed by atoms with van der Waals surface area (Å²) in [5, 5.41) is 2.78. The minimum absolute atomic E-state index is 0.0403. The topological polar surface area (TPSA) is 75.4 Å². The van der Waals surface area contributed by atoms with Gasteiger partial charge in [0.25, 0.3) is 0 Å². The number of hydrogen-bond acceptors (Lipinski definition) is 3. The second-order valence-corrected chi connectivity index (χ2v) is 5.60. The van der Waals surface area contributed by atoms with Crippen LogP contribution in [0.15, 0.2) is 0 Å². The summed E-state index contributed by atoms with van der Waals surface area (Å²) in [7, 11) is 0. The molecule has 1 atom stereocenters. The van der Waals surface area contributed by atoms with Gasteiger partial charge in [-0.3, -0.25) is 9.59 Å². The third-order valence-electron chi connectivity index (χ3n) is 3.87. The summed E-state index contributed by atoms with van der Waals surface area (Å²) in [4.78, 5) is 25.2. The zero-order valence-electron chi connectivity index (χ0n) is 12.2. The van der Waals surface area contributed by atoms with E-state index >= 15 is 0 Å². The highest BCUT2D eigenvalue weighted by Gasteiger charge is 2.20. The molecule has 0 aromatic carbocycles. The van der Waals surface area contributed by atoms with Crippen LogP contribution in [-0.2, 0) is 9.59 Å². The second kappa shape index (κ2) is 8.15. The van der Waals surface area contributed by atoms with Gasteiger partial charge in [0.15, 0.2) is 0 Å². The monoisotopic (exact) mass is 269 g/mol. The van der Waals surface area contributed by atoms with Gasteiger partial charge >= 0.3 is 0 Å². The van der Waals surface area contributed by atoms with Crippen LogP contribution in [0.4, 0.5) is 0 Å². The van der Waals surface area contributed by atoms with Gasteiger partial charge in [0.1, 0.15) is 0 Å². The molecule has 0 radical (unpaired) electrons. The van der Waals surface area contributed by atoms with Gasteiger partial charge in [-0.25, -0.2) is 0 Å². The lowest BCUT2D eigenvalue weighted by Gasteiger charge is -2.23. The molecule has 3 N–H and O–H groups in total. The molecule has 0 aromatic rings. The number of amides is 2. The van der Waals surface area contributed by atoms with Crippen molar-refractivity contribution in [2.75, 3.05) is 26.2 Å². The molecule has 0 spiro atoms. The van der Waals surface area contributed by atoms with E-state index in [9.17, 15) is 9.59 Å². The Balaban J connectivity index is 2.38. The third-order valence-corrected chi connectivity index (χ3v) is 3.87. The highest BCUT2D eigenvalue weighted by molar-refractivity contribution is 5.80. The predicted molar refractivity (Wildman–Crippen MR) is 75.4 cm³/mol. The molecule has 0 bridgehead atoms. The summed E-state index contributed by atoms with van der Waals surface area (Å²) < 4.78 is 0. The minimum Gasteiger partial charge on any atom is -0.354 e. The number of carbonyl (C=O) groups excluding carboxylic acids is 2. The first-order chi connectivity index (χ1) is 9.04. The van der Waals surface area contributed by atoms with Crippen molar-refractivity contribution in [3.8, 4) is 0 Å². The van der Waals surface area contributed by atoms with Crippen molar-refractivity contribution < 1.29 is 9.59 Å². The number of carbonyl (C=O) groups is 2. The molecule has 5 heteroatoms. The van der Waals surface area contributed by atoms with E-state index in [4.69, 9.17) is 5.73 Å². The SMILES string of the molecule is CC(C)C(CCN)CCC(=O)N1CCNC(=O)CC1. The fourth-order valence-electron chi connectivity index (χ4n) is 2.51. The molecule has 1 saturated heterocycles. The third kappa shape index (κ3) is 5.59. The summed E-state index contributed by atoms with van der Waals surface area (Å²) in [5.41, 5.74) is 5.61. The van der Waals surface area contributed by atoms with Gasteiger partial charge in [0, 0.05) is 32.5 Å². The van der Waals surface area contributed by atoms with Crippen LogP contribution in [0.3, 0.4) is 0 Å². The molecule has 0 aromatic heterocycles. The van der Waals surface area contributed by atoms with E-state index in [1.807, 2.05) is 0 Å². The van der Waals surface area contributed by atoms with Crippen LogP contribution in [0, 0.1) is 11.8 Å². The number of rotatable bonds is 6. The molecule has 0 saturated carbocycles. The van der Waals surface area contributed by atoms with Crippen molar-refractivity contribution in [2.45, 2.75) is 39.5 Å². The van der Waals surface area contributed by atoms with E-state index in [1.165, 1.54) is 0 Å². The van der Waals surface area contributed by atoms with E-state index in [2.05, 4.69) is 19.2 Å². The molecule has 1 heterocycles. The predicted octanol–water partition coefficient (Wildman–Crippen LogP) is 0.736. The quantitative estimate of drug-likeness (QED) is 0.746. The fourth-order valence-corrected chi connectivity index (χ4v) is 2.51. The van der Waals surface area contributed by atoms with Gasteiger partial charge < -0.3 is 16.0 Å². The number of nitrogens with one attached hydrogen (secondary N) is 1. The summed E-state index contributed by atoms with van der Waals surface area (Å²) in [6.45, 7) is 6.79. The van der Waals surface area contributed by atoms with Crippen LogP contribution < -0.4 is 11.1 Å². The lowest BCUT2D eigenvalue weighted by Crippen LogP contribution is -2.34. The largest absolute Gasteiger partial charge is 0.354 e. The smallest absolute Gasteiger partial charge is 0.222 e. The Morgan fingerprint density at radius 3 is 2.74 bits per heavy atom. The normalized spacial score (nSPS) is 18.1. The maximum absolute atomic E-state index is 12.1. The standard InChI is InChI=1S/C14H27N3O2/c1-11(2)12(5-7-15)3-4-14(19)17-9-6-13(18)16-8-10-17/h11-12H,3-10,15H2,1-2H3,(H,16,18). The Morgan fingerprint density at radius 1 is 1.37 bits per heavy atom. The second-order valence-electron chi connectivity index (χ2n) is 5.60. The highest BCUT2D eigenvalue weighted by Crippen LogP contribution is 2.21. The molecule has 1 aliphatic heterocycles. The molecule has 19 heavy (non-hydrogen) atoms. The van der Waals surface area contributed by atoms with Crippen molar-refractivity contribution in [1.29, 1.82) is 0 Å². The molecular weight excluding hydrogens is 242 g/mol. The first-order valence-electron chi connectivity index (χ1n) is 7.29. The molecule has 1 aliphatic rings. The Hall–Kier alpha value is -1.10. The minimum atomic E-state index is 0.0403. The maximum atomic E-state index is 12.1. The maximum Gasteiger partial charge on any atom is 0.222 e. The van der Waals surface area contributed by atoms with Crippen molar-refractivity contribution in [2.24, 2.45) is 17.6 Å². The van der Waals surface area contributed by atoms with E-state index in [0.717, 1.165) is 12.8 Å². The van der Waals surface area contributed by atoms with Crippen LogP contribution >= 0.6 is 0 Å². The van der Waals surface area contributed by atoms with E-state index in [-0.39, 0.29) is 11.8 Å². The first kappa shape index (κ1) is 16.0. The molecule has 0 aliphatic carbocycles. The first-order valence-corrected chi connectivity index (χ1v) is 7.29. The Labute approximate surface area is 115 Å². The van der Waals surface area contributed by atoms with Gasteiger partial charge in [-0.1, -0.05) is 13.8 Å². The number of nitrogens with zero attached hydrogens (tertiary/aromatic N) is 1. The van der Waals surface area contributed by atoms with Crippen molar-refractivity contribution in [1.82, 2.24) is 10.2 Å². The van der Waals surface area contributed by atoms with E-state index in [0.29, 0.717) is 50.9 Å². The molecule has 1 fully saturated rings. The molecule has 1 unspecified atom stereocenters. The van der Waals surface area contributed by atoms with Crippen molar-refractivity contribution >= 4 is 11.8 Å². The number of hydrogen-bond donors (Lipinski definition) is 2. The summed E-state index contributed by atoms with van der Waals surface area (Å²) in [5.74, 6) is 1.28. The number of nitrogens with two attached hydrogens (primary N) is 1. The summed E-state index contributed by atoms with van der Waals surface area (Å²) in [6.07, 6.45) is 2.86. The average Bonchev–Trinajstić information content (AvgIpc) is 2.58. The van der Waals surface area contributed by atoms with Crippen LogP contribution in [0.25, 0.3) is 0 Å². The lowest BCUT2D eigenvalue weighted by atomic mass is 9.88. The summed E-state index contributed by atoms with van der Waals surface area (Å²) >= 11 is 0. The van der Waals surface area contributed by atoms with Gasteiger partial charge in [-0.2, -0.15) is 0 Å². The van der Waals surface area contributed by atoms with E-state index < -0.39 is 0 Å². The van der Waals surface area contributed by atoms with E-state index in [1.54, 1.807) is 4.90 Å². The zero-order chi connectivity index (χ0) is 14.3.